The fourth-order valence-electron chi connectivity index (χ4n) is 2.42. The monoisotopic (exact) mass is 396 g/mol. The molecule has 0 aromatic heterocycles. The maximum Gasteiger partial charge on any atom is 0.224 e. The molecule has 8 heteroatoms. The molecule has 0 heterocycles. The van der Waals surface area contributed by atoms with Gasteiger partial charge in [0.05, 0.1) is 26.7 Å². The van der Waals surface area contributed by atoms with Crippen molar-refractivity contribution in [3.05, 3.63) is 0 Å². The van der Waals surface area contributed by atoms with Gasteiger partial charge >= 0.3 is 0 Å². The third-order valence-corrected chi connectivity index (χ3v) is 4.66. The van der Waals surface area contributed by atoms with E-state index in [4.69, 9.17) is 0 Å². The Kier molecular flexibility index (Phi) is 16.3. The van der Waals surface area contributed by atoms with Gasteiger partial charge in [-0.05, 0) is 32.6 Å². The number of nitrogens with zero attached hydrogens (tertiary/aromatic N) is 1. The molecule has 0 fully saturated rings. The summed E-state index contributed by atoms with van der Waals surface area (Å²) in [6.45, 7) is 13.2. The van der Waals surface area contributed by atoms with Crippen molar-refractivity contribution in [1.29, 1.82) is 0 Å². The summed E-state index contributed by atoms with van der Waals surface area (Å²) in [5.41, 5.74) is 0. The minimum atomic E-state index is -4.42. The number of nitrogens with one attached hydrogen (secondary N) is 1. The fourth-order valence-corrected chi connectivity index (χ4v) is 2.70. The van der Waals surface area contributed by atoms with Gasteiger partial charge in [-0.1, -0.05) is 40.0 Å². The molecule has 0 aliphatic carbocycles. The van der Waals surface area contributed by atoms with E-state index in [2.05, 4.69) is 44.2 Å². The van der Waals surface area contributed by atoms with Crippen molar-refractivity contribution < 1.29 is 26.4 Å². The van der Waals surface area contributed by atoms with Gasteiger partial charge in [-0.3, -0.25) is 8.98 Å². The second-order valence-electron chi connectivity index (χ2n) is 7.23. The van der Waals surface area contributed by atoms with Gasteiger partial charge in [0, 0.05) is 6.42 Å². The van der Waals surface area contributed by atoms with E-state index in [9.17, 15) is 17.8 Å². The third-order valence-electron chi connectivity index (χ3n) is 4.13. The van der Waals surface area contributed by atoms with Gasteiger partial charge in [0.25, 0.3) is 0 Å². The lowest BCUT2D eigenvalue weighted by molar-refractivity contribution is -0.909. The highest BCUT2D eigenvalue weighted by molar-refractivity contribution is 7.80. The van der Waals surface area contributed by atoms with E-state index in [-0.39, 0.29) is 12.5 Å². The number of rotatable bonds is 13. The van der Waals surface area contributed by atoms with Crippen LogP contribution in [0.1, 0.15) is 73.1 Å². The van der Waals surface area contributed by atoms with Crippen LogP contribution in [0.5, 0.6) is 0 Å². The summed E-state index contributed by atoms with van der Waals surface area (Å²) in [5.74, 6) is 1.00. The third kappa shape index (κ3) is 19.6. The first-order valence-corrected chi connectivity index (χ1v) is 11.0. The topological polar surface area (TPSA) is 95.5 Å². The van der Waals surface area contributed by atoms with E-state index >= 15 is 0 Å². The highest BCUT2D eigenvalue weighted by Crippen LogP contribution is 2.09. The van der Waals surface area contributed by atoms with Crippen LogP contribution in [0, 0.1) is 5.92 Å². The van der Waals surface area contributed by atoms with Gasteiger partial charge in [-0.25, -0.2) is 8.42 Å². The number of unbranched alkanes of at least 4 members (excludes halogenated alkanes) is 2. The molecule has 1 atom stereocenters. The Balaban J connectivity index is 0. The molecule has 7 nitrogen and oxygen atoms in total. The molecule has 0 aromatic rings. The molecule has 0 aliphatic heterocycles. The van der Waals surface area contributed by atoms with E-state index < -0.39 is 10.4 Å². The first-order chi connectivity index (χ1) is 12.0. The lowest BCUT2D eigenvalue weighted by Gasteiger charge is -2.33. The molecule has 0 aromatic carbocycles. The highest BCUT2D eigenvalue weighted by Gasteiger charge is 2.18. The summed E-state index contributed by atoms with van der Waals surface area (Å²) in [6, 6.07) is 0. The zero-order chi connectivity index (χ0) is 20.6. The molecule has 26 heavy (non-hydrogen) atoms. The highest BCUT2D eigenvalue weighted by atomic mass is 32.3. The van der Waals surface area contributed by atoms with E-state index in [1.54, 1.807) is 0 Å². The minimum Gasteiger partial charge on any atom is -0.726 e. The van der Waals surface area contributed by atoms with Crippen LogP contribution in [0.4, 0.5) is 0 Å². The molecule has 1 N–H and O–H groups in total. The lowest BCUT2D eigenvalue weighted by Crippen LogP contribution is -2.51. The summed E-state index contributed by atoms with van der Waals surface area (Å²) < 4.78 is 32.9. The maximum atomic E-state index is 11.8. The predicted octanol–water partition coefficient (Wildman–Crippen LogP) is 3.03. The van der Waals surface area contributed by atoms with Crippen LogP contribution >= 0.6 is 0 Å². The molecule has 0 saturated heterocycles. The Morgan fingerprint density at radius 3 is 2.15 bits per heavy atom. The minimum absolute atomic E-state index is 0.0914. The number of amides is 1. The molecule has 0 bridgehead atoms. The second-order valence-corrected chi connectivity index (χ2v) is 8.28. The Morgan fingerprint density at radius 2 is 1.77 bits per heavy atom. The molecule has 0 spiro atoms. The number of carbonyl (C=O) groups is 1. The largest absolute Gasteiger partial charge is 0.726 e. The second kappa shape index (κ2) is 15.4. The zero-order valence-corrected chi connectivity index (χ0v) is 18.4. The van der Waals surface area contributed by atoms with E-state index in [1.165, 1.54) is 26.2 Å². The smallest absolute Gasteiger partial charge is 0.224 e. The summed E-state index contributed by atoms with van der Waals surface area (Å²) in [7, 11) is -2.21. The van der Waals surface area contributed by atoms with Gasteiger partial charge in [0.1, 0.15) is 0 Å². The molecule has 0 saturated carbocycles. The number of hydrogen-bond donors (Lipinski definition) is 1. The molecule has 158 valence electrons. The first kappa shape index (κ1) is 27.5. The van der Waals surface area contributed by atoms with Crippen molar-refractivity contribution in [2.24, 2.45) is 5.92 Å². The van der Waals surface area contributed by atoms with Crippen molar-refractivity contribution in [3.8, 4) is 0 Å². The Hall–Kier alpha value is -0.700. The standard InChI is InChI=1S/C16H34N2O.C2H6O4S/c1-6-13-18(5,7-2)14-17-16(19)12-10-8-9-11-15(3)4;1-2-6-7(3,4)5/h15H,6-14H2,1-5H3;2H2,1H3,(H,3,4,5). The number of quaternary nitrogens is 1. The summed E-state index contributed by atoms with van der Waals surface area (Å²) >= 11 is 0. The van der Waals surface area contributed by atoms with Crippen molar-refractivity contribution in [2.45, 2.75) is 73.1 Å². The molecular weight excluding hydrogens is 356 g/mol. The Morgan fingerprint density at radius 1 is 1.15 bits per heavy atom. The van der Waals surface area contributed by atoms with E-state index in [0.29, 0.717) is 6.42 Å². The van der Waals surface area contributed by atoms with Crippen LogP contribution in [0.3, 0.4) is 0 Å². The molecule has 0 rings (SSSR count). The van der Waals surface area contributed by atoms with Crippen molar-refractivity contribution >= 4 is 16.3 Å². The van der Waals surface area contributed by atoms with Gasteiger partial charge in [0.15, 0.2) is 6.67 Å². The van der Waals surface area contributed by atoms with Crippen molar-refractivity contribution in [1.82, 2.24) is 5.32 Å². The molecule has 0 aliphatic rings. The first-order valence-electron chi connectivity index (χ1n) is 9.70. The molecule has 0 radical (unpaired) electrons. The maximum absolute atomic E-state index is 11.8. The van der Waals surface area contributed by atoms with E-state index in [1.807, 2.05) is 0 Å². The van der Waals surface area contributed by atoms with Gasteiger partial charge in [-0.2, -0.15) is 0 Å². The van der Waals surface area contributed by atoms with Gasteiger partial charge in [-0.15, -0.1) is 0 Å². The normalized spacial score (nSPS) is 13.7. The molecule has 1 amide bonds. The quantitative estimate of drug-likeness (QED) is 0.170. The number of hydrogen-bond acceptors (Lipinski definition) is 5. The molecule has 1 unspecified atom stereocenters. The summed E-state index contributed by atoms with van der Waals surface area (Å²) in [6.07, 6.45) is 6.60. The SMILES string of the molecule is CCC[N+](C)(CC)CNC(=O)CCCCCC(C)C.CCOS(=O)(=O)[O-]. The van der Waals surface area contributed by atoms with Crippen LogP contribution in [0.25, 0.3) is 0 Å². The zero-order valence-electron chi connectivity index (χ0n) is 17.5. The van der Waals surface area contributed by atoms with Gasteiger partial charge < -0.3 is 14.4 Å². The summed E-state index contributed by atoms with van der Waals surface area (Å²) in [5, 5.41) is 3.09. The summed E-state index contributed by atoms with van der Waals surface area (Å²) in [4.78, 5) is 11.8. The fraction of sp³-hybridized carbons (Fsp3) is 0.944. The van der Waals surface area contributed by atoms with Crippen LogP contribution in [0.15, 0.2) is 0 Å². The van der Waals surface area contributed by atoms with Crippen LogP contribution < -0.4 is 5.32 Å². The average molecular weight is 397 g/mol. The lowest BCUT2D eigenvalue weighted by atomic mass is 10.0. The molecular formula is C18H40N2O5S. The van der Waals surface area contributed by atoms with Crippen LogP contribution in [-0.4, -0.2) is 56.8 Å². The van der Waals surface area contributed by atoms with Crippen LogP contribution in [-0.2, 0) is 19.4 Å². The van der Waals surface area contributed by atoms with E-state index in [0.717, 1.165) is 43.0 Å². The number of carbonyl (C=O) groups excluding carboxylic acids is 1. The van der Waals surface area contributed by atoms with Crippen LogP contribution in [0.2, 0.25) is 0 Å². The predicted molar refractivity (Wildman–Crippen MR) is 104 cm³/mol. The Bertz CT molecular complexity index is 454. The van der Waals surface area contributed by atoms with Crippen molar-refractivity contribution in [3.63, 3.8) is 0 Å². The van der Waals surface area contributed by atoms with Crippen molar-refractivity contribution in [2.75, 3.05) is 33.4 Å². The van der Waals surface area contributed by atoms with Gasteiger partial charge in [0.2, 0.25) is 16.3 Å². The Labute approximate surface area is 161 Å². The average Bonchev–Trinajstić information content (AvgIpc) is 2.52.